The van der Waals surface area contributed by atoms with Gasteiger partial charge in [0.1, 0.15) is 0 Å². The van der Waals surface area contributed by atoms with Crippen molar-refractivity contribution in [2.75, 3.05) is 13.6 Å². The second kappa shape index (κ2) is 5.61. The molecule has 0 atom stereocenters. The molecule has 0 aliphatic rings. The summed E-state index contributed by atoms with van der Waals surface area (Å²) in [4.78, 5) is 4.19. The molecule has 2 nitrogen and oxygen atoms in total. The van der Waals surface area contributed by atoms with Gasteiger partial charge in [0.2, 0.25) is 0 Å². The Morgan fingerprint density at radius 1 is 1.40 bits per heavy atom. The summed E-state index contributed by atoms with van der Waals surface area (Å²) in [6.45, 7) is 5.66. The average molecular weight is 271 g/mol. The lowest BCUT2D eigenvalue weighted by atomic mass is 9.83. The molecule has 1 rings (SSSR count). The van der Waals surface area contributed by atoms with Gasteiger partial charge in [0.25, 0.3) is 0 Å². The first kappa shape index (κ1) is 12.7. The van der Waals surface area contributed by atoms with E-state index < -0.39 is 0 Å². The molecular weight excluding hydrogens is 252 g/mol. The van der Waals surface area contributed by atoms with Gasteiger partial charge in [-0.1, -0.05) is 13.8 Å². The molecule has 0 radical (unpaired) electrons. The highest BCUT2D eigenvalue weighted by Gasteiger charge is 2.17. The van der Waals surface area contributed by atoms with Gasteiger partial charge < -0.3 is 5.32 Å². The van der Waals surface area contributed by atoms with Crippen molar-refractivity contribution >= 4 is 15.9 Å². The predicted molar refractivity (Wildman–Crippen MR) is 68.0 cm³/mol. The average Bonchev–Trinajstić information content (AvgIpc) is 2.14. The van der Waals surface area contributed by atoms with Gasteiger partial charge in [-0.15, -0.1) is 0 Å². The van der Waals surface area contributed by atoms with Crippen molar-refractivity contribution in [3.8, 4) is 0 Å². The van der Waals surface area contributed by atoms with Crippen molar-refractivity contribution in [2.45, 2.75) is 26.7 Å². The number of rotatable bonds is 5. The molecule has 84 valence electrons. The maximum absolute atomic E-state index is 4.19. The smallest absolute Gasteiger partial charge is 0.0410 e. The number of hydrogen-bond donors (Lipinski definition) is 1. The minimum Gasteiger partial charge on any atom is -0.320 e. The Balaban J connectivity index is 2.60. The van der Waals surface area contributed by atoms with Gasteiger partial charge in [-0.05, 0) is 59.4 Å². The van der Waals surface area contributed by atoms with Gasteiger partial charge in [0.05, 0.1) is 0 Å². The highest BCUT2D eigenvalue weighted by molar-refractivity contribution is 9.10. The molecule has 0 saturated carbocycles. The second-order valence-corrected chi connectivity index (χ2v) is 5.62. The molecule has 0 aliphatic heterocycles. The number of nitrogens with zero attached hydrogens (tertiary/aromatic N) is 1. The number of nitrogens with one attached hydrogen (secondary N) is 1. The number of pyridine rings is 1. The van der Waals surface area contributed by atoms with Crippen LogP contribution >= 0.6 is 15.9 Å². The highest BCUT2D eigenvalue weighted by Crippen LogP contribution is 2.26. The van der Waals surface area contributed by atoms with Gasteiger partial charge in [0, 0.05) is 16.9 Å². The van der Waals surface area contributed by atoms with Crippen molar-refractivity contribution < 1.29 is 0 Å². The topological polar surface area (TPSA) is 24.9 Å². The molecule has 1 aromatic heterocycles. The Labute approximate surface area is 101 Å². The van der Waals surface area contributed by atoms with Crippen LogP contribution in [-0.2, 0) is 6.42 Å². The third-order valence-electron chi connectivity index (χ3n) is 2.50. The molecule has 1 N–H and O–H groups in total. The normalized spacial score (nSPS) is 11.7. The summed E-state index contributed by atoms with van der Waals surface area (Å²) in [6.07, 6.45) is 6.02. The van der Waals surface area contributed by atoms with E-state index in [4.69, 9.17) is 0 Å². The van der Waals surface area contributed by atoms with E-state index in [9.17, 15) is 0 Å². The quantitative estimate of drug-likeness (QED) is 0.890. The fourth-order valence-electron chi connectivity index (χ4n) is 1.66. The molecule has 0 amide bonds. The maximum Gasteiger partial charge on any atom is 0.0410 e. The van der Waals surface area contributed by atoms with Gasteiger partial charge in [-0.2, -0.15) is 0 Å². The summed E-state index contributed by atoms with van der Waals surface area (Å²) in [7, 11) is 2.00. The fourth-order valence-corrected chi connectivity index (χ4v) is 2.07. The Morgan fingerprint density at radius 2 is 2.13 bits per heavy atom. The molecule has 3 heteroatoms. The second-order valence-electron chi connectivity index (χ2n) is 4.71. The monoisotopic (exact) mass is 270 g/mol. The minimum atomic E-state index is 0.325. The van der Waals surface area contributed by atoms with Gasteiger partial charge in [0.15, 0.2) is 0 Å². The van der Waals surface area contributed by atoms with E-state index in [1.165, 1.54) is 12.0 Å². The Bertz CT molecular complexity index is 310. The molecule has 1 heterocycles. The standard InChI is InChI=1S/C12H19BrN2/c1-12(2,4-5-14-3)7-10-6-11(13)9-15-8-10/h6,8-9,14H,4-5,7H2,1-3H3. The molecule has 0 bridgehead atoms. The molecule has 1 aromatic rings. The first-order chi connectivity index (χ1) is 7.03. The van der Waals surface area contributed by atoms with Gasteiger partial charge in [-0.25, -0.2) is 0 Å². The largest absolute Gasteiger partial charge is 0.320 e. The third-order valence-corrected chi connectivity index (χ3v) is 2.93. The van der Waals surface area contributed by atoms with Crippen molar-refractivity contribution in [1.29, 1.82) is 0 Å². The molecule has 0 aromatic carbocycles. The van der Waals surface area contributed by atoms with Gasteiger partial charge >= 0.3 is 0 Å². The number of halogens is 1. The summed E-state index contributed by atoms with van der Waals surface area (Å²) in [5.41, 5.74) is 1.62. The first-order valence-corrected chi connectivity index (χ1v) is 6.07. The summed E-state index contributed by atoms with van der Waals surface area (Å²) in [5, 5.41) is 3.20. The SMILES string of the molecule is CNCCC(C)(C)Cc1cncc(Br)c1. The van der Waals surface area contributed by atoms with Crippen LogP contribution in [0, 0.1) is 5.41 Å². The van der Waals surface area contributed by atoms with Crippen LogP contribution in [0.3, 0.4) is 0 Å². The number of aromatic nitrogens is 1. The zero-order valence-electron chi connectivity index (χ0n) is 9.68. The van der Waals surface area contributed by atoms with Crippen LogP contribution in [0.4, 0.5) is 0 Å². The van der Waals surface area contributed by atoms with Crippen LogP contribution in [-0.4, -0.2) is 18.6 Å². The third kappa shape index (κ3) is 4.76. The van der Waals surface area contributed by atoms with E-state index in [1.807, 2.05) is 19.4 Å². The molecule has 0 unspecified atom stereocenters. The van der Waals surface area contributed by atoms with E-state index >= 15 is 0 Å². The molecular formula is C12H19BrN2. The van der Waals surface area contributed by atoms with Crippen molar-refractivity contribution in [1.82, 2.24) is 10.3 Å². The van der Waals surface area contributed by atoms with Crippen LogP contribution in [0.2, 0.25) is 0 Å². The van der Waals surface area contributed by atoms with Crippen molar-refractivity contribution in [3.63, 3.8) is 0 Å². The highest BCUT2D eigenvalue weighted by atomic mass is 79.9. The van der Waals surface area contributed by atoms with E-state index in [0.29, 0.717) is 5.41 Å². The molecule has 0 spiro atoms. The van der Waals surface area contributed by atoms with Crippen LogP contribution in [0.15, 0.2) is 22.9 Å². The minimum absolute atomic E-state index is 0.325. The lowest BCUT2D eigenvalue weighted by Gasteiger charge is -2.24. The van der Waals surface area contributed by atoms with Crippen LogP contribution < -0.4 is 5.32 Å². The zero-order valence-corrected chi connectivity index (χ0v) is 11.3. The summed E-state index contributed by atoms with van der Waals surface area (Å²) in [6, 6.07) is 2.15. The van der Waals surface area contributed by atoms with Crippen LogP contribution in [0.1, 0.15) is 25.8 Å². The Hall–Kier alpha value is -0.410. The fraction of sp³-hybridized carbons (Fsp3) is 0.583. The van der Waals surface area contributed by atoms with E-state index in [2.05, 4.69) is 46.1 Å². The van der Waals surface area contributed by atoms with Crippen LogP contribution in [0.25, 0.3) is 0 Å². The lowest BCUT2D eigenvalue weighted by Crippen LogP contribution is -2.21. The van der Waals surface area contributed by atoms with Gasteiger partial charge in [-0.3, -0.25) is 4.98 Å². The Morgan fingerprint density at radius 3 is 2.73 bits per heavy atom. The zero-order chi connectivity index (χ0) is 11.3. The van der Waals surface area contributed by atoms with Crippen molar-refractivity contribution in [2.24, 2.45) is 5.41 Å². The van der Waals surface area contributed by atoms with Crippen molar-refractivity contribution in [3.05, 3.63) is 28.5 Å². The molecule has 0 saturated heterocycles. The van der Waals surface area contributed by atoms with E-state index in [1.54, 1.807) is 0 Å². The molecule has 0 aliphatic carbocycles. The summed E-state index contributed by atoms with van der Waals surface area (Å²) >= 11 is 3.45. The van der Waals surface area contributed by atoms with E-state index in [0.717, 1.165) is 17.4 Å². The van der Waals surface area contributed by atoms with Crippen LogP contribution in [0.5, 0.6) is 0 Å². The molecule has 0 fully saturated rings. The number of hydrogen-bond acceptors (Lipinski definition) is 2. The summed E-state index contributed by atoms with van der Waals surface area (Å²) < 4.78 is 1.06. The predicted octanol–water partition coefficient (Wildman–Crippen LogP) is 3.02. The molecule has 15 heavy (non-hydrogen) atoms. The Kier molecular flexibility index (Phi) is 4.74. The summed E-state index contributed by atoms with van der Waals surface area (Å²) in [5.74, 6) is 0. The first-order valence-electron chi connectivity index (χ1n) is 5.27. The van der Waals surface area contributed by atoms with E-state index in [-0.39, 0.29) is 0 Å². The lowest BCUT2D eigenvalue weighted by molar-refractivity contribution is 0.329. The maximum atomic E-state index is 4.19.